The number of nitrogens with two attached hydrogens (primary N) is 1. The molecule has 5 heteroatoms. The molecule has 2 rings (SSSR count). The monoisotopic (exact) mass is 330 g/mol. The predicted molar refractivity (Wildman–Crippen MR) is 95.5 cm³/mol. The first kappa shape index (κ1) is 18.1. The van der Waals surface area contributed by atoms with Crippen LogP contribution in [0.1, 0.15) is 35.1 Å². The number of nitrogens with zero attached hydrogens (tertiary/aromatic N) is 1. The number of rotatable bonds is 8. The van der Waals surface area contributed by atoms with Gasteiger partial charge in [-0.2, -0.15) is 0 Å². The largest absolute Gasteiger partial charge is 0.497 e. The van der Waals surface area contributed by atoms with Gasteiger partial charge in [0.05, 0.1) is 12.7 Å². The zero-order chi connectivity index (χ0) is 17.7. The van der Waals surface area contributed by atoms with Crippen LogP contribution in [0.25, 0.3) is 11.1 Å². The number of amides is 1. The highest BCUT2D eigenvalue weighted by Gasteiger charge is 2.22. The van der Waals surface area contributed by atoms with Crippen molar-refractivity contribution >= 4 is 5.91 Å². The van der Waals surface area contributed by atoms with Crippen molar-refractivity contribution in [2.45, 2.75) is 33.7 Å². The second-order valence-corrected chi connectivity index (χ2v) is 5.72. The minimum absolute atomic E-state index is 0.398. The number of aromatic nitrogens is 1. The van der Waals surface area contributed by atoms with E-state index in [4.69, 9.17) is 15.2 Å². The molecule has 0 aliphatic heterocycles. The van der Waals surface area contributed by atoms with E-state index in [0.717, 1.165) is 41.2 Å². The molecule has 0 aliphatic rings. The molecule has 0 spiro atoms. The minimum Gasteiger partial charge on any atom is -0.497 e. The summed E-state index contributed by atoms with van der Waals surface area (Å²) in [6.45, 7) is 8.18. The van der Waals surface area contributed by atoms with Crippen molar-refractivity contribution in [3.8, 4) is 16.9 Å². The van der Waals surface area contributed by atoms with E-state index < -0.39 is 5.91 Å². The molecule has 2 aromatic rings. The fourth-order valence-electron chi connectivity index (χ4n) is 3.10. The Labute approximate surface area is 143 Å². The van der Waals surface area contributed by atoms with Crippen molar-refractivity contribution in [3.63, 3.8) is 0 Å². The fourth-order valence-corrected chi connectivity index (χ4v) is 3.10. The highest BCUT2D eigenvalue weighted by Crippen LogP contribution is 2.33. The highest BCUT2D eigenvalue weighted by atomic mass is 16.5. The van der Waals surface area contributed by atoms with Crippen LogP contribution >= 0.6 is 0 Å². The third kappa shape index (κ3) is 3.62. The average molecular weight is 330 g/mol. The topological polar surface area (TPSA) is 66.5 Å². The SMILES string of the molecule is CCOCCCn1c(C)c(C(N)=O)c(-c2ccc(OC)cc2)c1C. The number of ether oxygens (including phenoxy) is 2. The molecule has 0 bridgehead atoms. The lowest BCUT2D eigenvalue weighted by molar-refractivity contribution is 0.1000. The molecular weight excluding hydrogens is 304 g/mol. The summed E-state index contributed by atoms with van der Waals surface area (Å²) >= 11 is 0. The van der Waals surface area contributed by atoms with Gasteiger partial charge in [-0.1, -0.05) is 12.1 Å². The van der Waals surface area contributed by atoms with Gasteiger partial charge in [0, 0.05) is 36.7 Å². The predicted octanol–water partition coefficient (Wildman–Crippen LogP) is 3.31. The van der Waals surface area contributed by atoms with Crippen LogP contribution in [-0.2, 0) is 11.3 Å². The maximum atomic E-state index is 12.0. The molecule has 1 aromatic heterocycles. The highest BCUT2D eigenvalue weighted by molar-refractivity contribution is 6.02. The number of primary amides is 1. The lowest BCUT2D eigenvalue weighted by atomic mass is 10.00. The molecule has 2 N–H and O–H groups in total. The normalized spacial score (nSPS) is 10.8. The molecule has 0 aliphatic carbocycles. The Kier molecular flexibility index (Phi) is 6.04. The van der Waals surface area contributed by atoms with Gasteiger partial charge in [0.15, 0.2) is 0 Å². The number of hydrogen-bond donors (Lipinski definition) is 1. The van der Waals surface area contributed by atoms with Crippen LogP contribution in [0, 0.1) is 13.8 Å². The van der Waals surface area contributed by atoms with E-state index in [1.807, 2.05) is 45.0 Å². The van der Waals surface area contributed by atoms with E-state index in [0.29, 0.717) is 18.8 Å². The summed E-state index contributed by atoms with van der Waals surface area (Å²) < 4.78 is 12.8. The van der Waals surface area contributed by atoms with Gasteiger partial charge in [-0.3, -0.25) is 4.79 Å². The summed E-state index contributed by atoms with van der Waals surface area (Å²) in [5.41, 5.74) is 10.1. The van der Waals surface area contributed by atoms with Crippen LogP contribution in [0.3, 0.4) is 0 Å². The summed E-state index contributed by atoms with van der Waals surface area (Å²) in [7, 11) is 1.63. The Bertz CT molecular complexity index is 702. The Hall–Kier alpha value is -2.27. The van der Waals surface area contributed by atoms with Crippen molar-refractivity contribution < 1.29 is 14.3 Å². The van der Waals surface area contributed by atoms with E-state index in [-0.39, 0.29) is 0 Å². The summed E-state index contributed by atoms with van der Waals surface area (Å²) in [6.07, 6.45) is 0.893. The van der Waals surface area contributed by atoms with Crippen LogP contribution in [0.15, 0.2) is 24.3 Å². The third-order valence-electron chi connectivity index (χ3n) is 4.28. The van der Waals surface area contributed by atoms with Gasteiger partial charge in [0.1, 0.15) is 5.75 Å². The van der Waals surface area contributed by atoms with Crippen molar-refractivity contribution in [3.05, 3.63) is 41.2 Å². The first-order chi connectivity index (χ1) is 11.5. The average Bonchev–Trinajstić information content (AvgIpc) is 2.83. The molecule has 0 unspecified atom stereocenters. The molecule has 0 saturated carbocycles. The van der Waals surface area contributed by atoms with E-state index >= 15 is 0 Å². The Morgan fingerprint density at radius 3 is 2.38 bits per heavy atom. The van der Waals surface area contributed by atoms with Gasteiger partial charge in [-0.05, 0) is 44.9 Å². The van der Waals surface area contributed by atoms with E-state index in [2.05, 4.69) is 4.57 Å². The van der Waals surface area contributed by atoms with Crippen molar-refractivity contribution in [2.75, 3.05) is 20.3 Å². The number of carbonyl (C=O) groups is 1. The first-order valence-electron chi connectivity index (χ1n) is 8.22. The first-order valence-corrected chi connectivity index (χ1v) is 8.22. The molecule has 1 heterocycles. The summed E-state index contributed by atoms with van der Waals surface area (Å²) in [5, 5.41) is 0. The van der Waals surface area contributed by atoms with Gasteiger partial charge in [0.2, 0.25) is 0 Å². The molecule has 0 radical (unpaired) electrons. The second-order valence-electron chi connectivity index (χ2n) is 5.72. The molecule has 0 fully saturated rings. The number of benzene rings is 1. The van der Waals surface area contributed by atoms with Gasteiger partial charge in [-0.25, -0.2) is 0 Å². The van der Waals surface area contributed by atoms with Crippen LogP contribution in [-0.4, -0.2) is 30.8 Å². The standard InChI is InChI=1S/C19H26N2O3/c1-5-24-12-6-11-21-13(2)17(18(14(21)3)19(20)22)15-7-9-16(23-4)10-8-15/h7-10H,5-6,11-12H2,1-4H3,(H2,20,22). The molecule has 24 heavy (non-hydrogen) atoms. The fraction of sp³-hybridized carbons (Fsp3) is 0.421. The molecule has 5 nitrogen and oxygen atoms in total. The Morgan fingerprint density at radius 1 is 1.17 bits per heavy atom. The summed E-state index contributed by atoms with van der Waals surface area (Å²) in [6, 6.07) is 7.69. The number of carbonyl (C=O) groups excluding carboxylic acids is 1. The molecule has 0 saturated heterocycles. The lowest BCUT2D eigenvalue weighted by Crippen LogP contribution is -2.13. The Morgan fingerprint density at radius 2 is 1.83 bits per heavy atom. The number of methoxy groups -OCH3 is 1. The molecule has 130 valence electrons. The van der Waals surface area contributed by atoms with Crippen LogP contribution < -0.4 is 10.5 Å². The van der Waals surface area contributed by atoms with Gasteiger partial charge >= 0.3 is 0 Å². The lowest BCUT2D eigenvalue weighted by Gasteiger charge is -2.10. The second kappa shape index (κ2) is 8.02. The van der Waals surface area contributed by atoms with Crippen LogP contribution in [0.5, 0.6) is 5.75 Å². The van der Waals surface area contributed by atoms with E-state index in [9.17, 15) is 4.79 Å². The van der Waals surface area contributed by atoms with Crippen LogP contribution in [0.4, 0.5) is 0 Å². The van der Waals surface area contributed by atoms with Crippen molar-refractivity contribution in [2.24, 2.45) is 5.73 Å². The number of hydrogen-bond acceptors (Lipinski definition) is 3. The summed E-state index contributed by atoms with van der Waals surface area (Å²) in [5.74, 6) is 0.384. The van der Waals surface area contributed by atoms with Crippen molar-refractivity contribution in [1.82, 2.24) is 4.57 Å². The van der Waals surface area contributed by atoms with Crippen molar-refractivity contribution in [1.29, 1.82) is 0 Å². The Balaban J connectivity index is 2.43. The quantitative estimate of drug-likeness (QED) is 0.755. The zero-order valence-electron chi connectivity index (χ0n) is 14.9. The van der Waals surface area contributed by atoms with E-state index in [1.54, 1.807) is 7.11 Å². The molecule has 0 atom stereocenters. The van der Waals surface area contributed by atoms with Gasteiger partial charge < -0.3 is 19.8 Å². The molecule has 1 amide bonds. The van der Waals surface area contributed by atoms with E-state index in [1.165, 1.54) is 0 Å². The van der Waals surface area contributed by atoms with Crippen LogP contribution in [0.2, 0.25) is 0 Å². The maximum Gasteiger partial charge on any atom is 0.251 e. The van der Waals surface area contributed by atoms with Gasteiger partial charge in [-0.15, -0.1) is 0 Å². The third-order valence-corrected chi connectivity index (χ3v) is 4.28. The van der Waals surface area contributed by atoms with Gasteiger partial charge in [0.25, 0.3) is 5.91 Å². The zero-order valence-corrected chi connectivity index (χ0v) is 14.9. The maximum absolute atomic E-state index is 12.0. The minimum atomic E-state index is -0.398. The smallest absolute Gasteiger partial charge is 0.251 e. The summed E-state index contributed by atoms with van der Waals surface area (Å²) in [4.78, 5) is 12.0. The molecule has 1 aromatic carbocycles. The molecular formula is C19H26N2O3.